The van der Waals surface area contributed by atoms with Crippen LogP contribution < -0.4 is 10.6 Å². The van der Waals surface area contributed by atoms with Gasteiger partial charge in [0, 0.05) is 24.2 Å². The Morgan fingerprint density at radius 1 is 1.33 bits per heavy atom. The highest BCUT2D eigenvalue weighted by molar-refractivity contribution is 7.99. The number of rotatable bonds is 3. The zero-order valence-corrected chi connectivity index (χ0v) is 18.7. The summed E-state index contributed by atoms with van der Waals surface area (Å²) in [6.07, 6.45) is 9.22. The molecule has 30 heavy (non-hydrogen) atoms. The van der Waals surface area contributed by atoms with E-state index >= 15 is 0 Å². The number of nitrogens with zero attached hydrogens (tertiary/aromatic N) is 5. The number of imidazole rings is 1. The lowest BCUT2D eigenvalue weighted by Crippen LogP contribution is -2.41. The summed E-state index contributed by atoms with van der Waals surface area (Å²) in [5.41, 5.74) is 8.16. The highest BCUT2D eigenvalue weighted by Gasteiger charge is 2.41. The van der Waals surface area contributed by atoms with Crippen molar-refractivity contribution in [1.29, 1.82) is 0 Å². The predicted octanol–water partition coefficient (Wildman–Crippen LogP) is 4.21. The number of aromatic nitrogens is 4. The maximum Gasteiger partial charge on any atom is 0.154 e. The van der Waals surface area contributed by atoms with Crippen LogP contribution in [0.5, 0.6) is 0 Å². The Morgan fingerprint density at radius 2 is 2.13 bits per heavy atom. The summed E-state index contributed by atoms with van der Waals surface area (Å²) in [5, 5.41) is 1.44. The van der Waals surface area contributed by atoms with Gasteiger partial charge in [0.2, 0.25) is 0 Å². The van der Waals surface area contributed by atoms with Gasteiger partial charge in [0.05, 0.1) is 29.6 Å². The second kappa shape index (κ2) is 7.59. The number of hydrogen-bond donors (Lipinski definition) is 1. The molecule has 0 unspecified atom stereocenters. The van der Waals surface area contributed by atoms with Gasteiger partial charge in [-0.1, -0.05) is 23.4 Å². The third kappa shape index (κ3) is 3.40. The summed E-state index contributed by atoms with van der Waals surface area (Å²) in [7, 11) is 0. The predicted molar refractivity (Wildman–Crippen MR) is 119 cm³/mol. The molecule has 3 aromatic rings. The number of aryl methyl sites for hydroxylation is 1. The van der Waals surface area contributed by atoms with Crippen LogP contribution in [0.15, 0.2) is 34.7 Å². The second-order valence-electron chi connectivity index (χ2n) is 8.40. The molecule has 3 aromatic heterocycles. The van der Waals surface area contributed by atoms with E-state index in [0.29, 0.717) is 22.4 Å². The maximum absolute atomic E-state index is 6.37. The molecule has 0 bridgehead atoms. The van der Waals surface area contributed by atoms with E-state index in [0.717, 1.165) is 59.5 Å². The molecular formula is C21H25ClN6OS. The van der Waals surface area contributed by atoms with Crippen LogP contribution in [-0.2, 0) is 4.74 Å². The van der Waals surface area contributed by atoms with Crippen molar-refractivity contribution in [2.45, 2.75) is 49.1 Å². The van der Waals surface area contributed by atoms with Crippen molar-refractivity contribution in [3.63, 3.8) is 0 Å². The Balaban J connectivity index is 1.45. The number of pyridine rings is 1. The van der Waals surface area contributed by atoms with Crippen molar-refractivity contribution in [2.75, 3.05) is 30.3 Å². The molecule has 2 fully saturated rings. The molecule has 0 aliphatic carbocycles. The van der Waals surface area contributed by atoms with Crippen molar-refractivity contribution < 1.29 is 4.74 Å². The number of nitrogens with two attached hydrogens (primary N) is 1. The molecule has 0 amide bonds. The van der Waals surface area contributed by atoms with Crippen LogP contribution in [0.1, 0.15) is 31.9 Å². The first-order valence-corrected chi connectivity index (χ1v) is 11.4. The van der Waals surface area contributed by atoms with Gasteiger partial charge in [-0.05, 0) is 44.6 Å². The number of halogens is 1. The minimum Gasteiger partial charge on any atom is -0.382 e. The number of piperidine rings is 1. The SMILES string of the molecule is Cc1nc(N2CCC3(CC2)CO[C@@H](C)C3)c2cncn2c1Sc1ccnc(N)c1Cl. The highest BCUT2D eigenvalue weighted by atomic mass is 35.5. The van der Waals surface area contributed by atoms with E-state index in [4.69, 9.17) is 27.1 Å². The topological polar surface area (TPSA) is 81.6 Å². The van der Waals surface area contributed by atoms with Gasteiger partial charge in [-0.15, -0.1) is 0 Å². The van der Waals surface area contributed by atoms with Gasteiger partial charge in [0.1, 0.15) is 22.7 Å². The number of nitrogen functional groups attached to an aromatic ring is 1. The molecule has 5 heterocycles. The highest BCUT2D eigenvalue weighted by Crippen LogP contribution is 2.43. The summed E-state index contributed by atoms with van der Waals surface area (Å²) < 4.78 is 7.98. The lowest BCUT2D eigenvalue weighted by Gasteiger charge is -2.39. The molecule has 1 spiro atoms. The Kier molecular flexibility index (Phi) is 5.03. The van der Waals surface area contributed by atoms with Crippen molar-refractivity contribution in [2.24, 2.45) is 5.41 Å². The summed E-state index contributed by atoms with van der Waals surface area (Å²) in [6, 6.07) is 1.87. The molecule has 0 radical (unpaired) electrons. The van der Waals surface area contributed by atoms with Gasteiger partial charge in [0.25, 0.3) is 0 Å². The minimum absolute atomic E-state index is 0.332. The molecule has 7 nitrogen and oxygen atoms in total. The van der Waals surface area contributed by atoms with E-state index in [1.807, 2.05) is 25.5 Å². The van der Waals surface area contributed by atoms with Gasteiger partial charge in [-0.25, -0.2) is 15.0 Å². The molecule has 0 aromatic carbocycles. The Morgan fingerprint density at radius 3 is 2.87 bits per heavy atom. The van der Waals surface area contributed by atoms with Gasteiger partial charge in [-0.3, -0.25) is 4.40 Å². The van der Waals surface area contributed by atoms with Gasteiger partial charge in [-0.2, -0.15) is 0 Å². The Labute approximate surface area is 185 Å². The summed E-state index contributed by atoms with van der Waals surface area (Å²) in [5.74, 6) is 1.33. The fourth-order valence-corrected chi connectivity index (χ4v) is 5.82. The first-order chi connectivity index (χ1) is 14.5. The fourth-order valence-electron chi connectivity index (χ4n) is 4.63. The molecule has 2 N–H and O–H groups in total. The number of ether oxygens (including phenoxy) is 1. The smallest absolute Gasteiger partial charge is 0.154 e. The summed E-state index contributed by atoms with van der Waals surface area (Å²) >= 11 is 7.90. The third-order valence-electron chi connectivity index (χ3n) is 6.28. The molecule has 0 saturated carbocycles. The minimum atomic E-state index is 0.332. The summed E-state index contributed by atoms with van der Waals surface area (Å²) in [6.45, 7) is 7.08. The van der Waals surface area contributed by atoms with Crippen molar-refractivity contribution >= 4 is 40.5 Å². The van der Waals surface area contributed by atoms with Crippen LogP contribution >= 0.6 is 23.4 Å². The average molecular weight is 445 g/mol. The summed E-state index contributed by atoms with van der Waals surface area (Å²) in [4.78, 5) is 16.7. The van der Waals surface area contributed by atoms with Crippen molar-refractivity contribution in [1.82, 2.24) is 19.4 Å². The molecule has 158 valence electrons. The molecular weight excluding hydrogens is 420 g/mol. The molecule has 2 aliphatic heterocycles. The molecule has 5 rings (SSSR count). The average Bonchev–Trinajstić information content (AvgIpc) is 3.35. The zero-order chi connectivity index (χ0) is 20.9. The van der Waals surface area contributed by atoms with E-state index < -0.39 is 0 Å². The fraction of sp³-hybridized carbons (Fsp3) is 0.476. The number of hydrogen-bond acceptors (Lipinski definition) is 7. The number of anilines is 2. The van der Waals surface area contributed by atoms with Crippen LogP contribution in [0.25, 0.3) is 5.52 Å². The first kappa shape index (κ1) is 19.9. The third-order valence-corrected chi connectivity index (χ3v) is 8.03. The van der Waals surface area contributed by atoms with E-state index in [2.05, 4.69) is 26.2 Å². The largest absolute Gasteiger partial charge is 0.382 e. The van der Waals surface area contributed by atoms with Gasteiger partial charge < -0.3 is 15.4 Å². The van der Waals surface area contributed by atoms with Crippen LogP contribution in [-0.4, -0.2) is 45.2 Å². The zero-order valence-electron chi connectivity index (χ0n) is 17.1. The monoisotopic (exact) mass is 444 g/mol. The lowest BCUT2D eigenvalue weighted by atomic mass is 9.77. The first-order valence-electron chi connectivity index (χ1n) is 10.2. The van der Waals surface area contributed by atoms with Crippen LogP contribution in [0.4, 0.5) is 11.6 Å². The molecule has 1 atom stereocenters. The maximum atomic E-state index is 6.37. The Bertz CT molecular complexity index is 1090. The van der Waals surface area contributed by atoms with Crippen LogP contribution in [0.3, 0.4) is 0 Å². The van der Waals surface area contributed by atoms with E-state index in [9.17, 15) is 0 Å². The normalized spacial score (nSPS) is 21.0. The van der Waals surface area contributed by atoms with Gasteiger partial charge >= 0.3 is 0 Å². The van der Waals surface area contributed by atoms with Gasteiger partial charge in [0.15, 0.2) is 5.82 Å². The van der Waals surface area contributed by atoms with Crippen LogP contribution in [0, 0.1) is 12.3 Å². The van der Waals surface area contributed by atoms with E-state index in [1.165, 1.54) is 18.2 Å². The molecule has 9 heteroatoms. The molecule has 2 saturated heterocycles. The van der Waals surface area contributed by atoms with Crippen LogP contribution in [0.2, 0.25) is 5.02 Å². The lowest BCUT2D eigenvalue weighted by molar-refractivity contribution is 0.0976. The standard InChI is InChI=1S/C21H25ClN6OS/c1-13-9-21(11-29-13)4-7-27(8-5-21)19-15-10-24-12-28(15)20(14(2)26-19)30-16-3-6-25-18(23)17(16)22/h3,6,10,12-13H,4-5,7-9,11H2,1-2H3,(H2,23,25)/t13-/m0/s1. The number of fused-ring (bicyclic) bond motifs is 1. The second-order valence-corrected chi connectivity index (χ2v) is 9.81. The van der Waals surface area contributed by atoms with Crippen molar-refractivity contribution in [3.05, 3.63) is 35.5 Å². The Hall–Kier alpha value is -2.03. The van der Waals surface area contributed by atoms with Crippen molar-refractivity contribution in [3.8, 4) is 0 Å². The van der Waals surface area contributed by atoms with E-state index in [1.54, 1.807) is 6.20 Å². The quantitative estimate of drug-likeness (QED) is 0.647. The molecule has 2 aliphatic rings. The van der Waals surface area contributed by atoms with E-state index in [-0.39, 0.29) is 0 Å².